The Morgan fingerprint density at radius 3 is 2.71 bits per heavy atom. The largest absolute Gasteiger partial charge is 0.325 e. The van der Waals surface area contributed by atoms with Gasteiger partial charge in [0.15, 0.2) is 0 Å². The van der Waals surface area contributed by atoms with Crippen LogP contribution in [0.25, 0.3) is 21.1 Å². The van der Waals surface area contributed by atoms with E-state index in [4.69, 9.17) is 23.2 Å². The molecule has 0 fully saturated rings. The number of aryl methyl sites for hydroxylation is 1. The first-order valence-corrected chi connectivity index (χ1v) is 11.6. The van der Waals surface area contributed by atoms with E-state index in [-0.39, 0.29) is 11.7 Å². The molecule has 0 unspecified atom stereocenters. The topological polar surface area (TPSA) is 80.7 Å². The predicted molar refractivity (Wildman–Crippen MR) is 127 cm³/mol. The molecule has 6 nitrogen and oxygen atoms in total. The Bertz CT molecular complexity index is 1220. The first-order valence-electron chi connectivity index (χ1n) is 9.09. The van der Waals surface area contributed by atoms with Crippen molar-refractivity contribution in [2.45, 2.75) is 11.9 Å². The number of hydrogen-bond donors (Lipinski definition) is 1. The van der Waals surface area contributed by atoms with Gasteiger partial charge in [-0.15, -0.1) is 21.5 Å². The third-order valence-electron chi connectivity index (χ3n) is 4.13. The summed E-state index contributed by atoms with van der Waals surface area (Å²) < 4.78 is 0. The fourth-order valence-electron chi connectivity index (χ4n) is 2.68. The number of rotatable bonds is 6. The molecule has 0 spiro atoms. The summed E-state index contributed by atoms with van der Waals surface area (Å²) >= 11 is 14.7. The lowest BCUT2D eigenvalue weighted by molar-refractivity contribution is -0.113. The summed E-state index contributed by atoms with van der Waals surface area (Å²) in [6.07, 6.45) is 3.52. The van der Waals surface area contributed by atoms with E-state index in [1.165, 1.54) is 11.8 Å². The zero-order valence-corrected chi connectivity index (χ0v) is 19.3. The highest BCUT2D eigenvalue weighted by atomic mass is 35.5. The van der Waals surface area contributed by atoms with Gasteiger partial charge < -0.3 is 5.32 Å². The van der Waals surface area contributed by atoms with E-state index >= 15 is 0 Å². The molecule has 10 heteroatoms. The lowest BCUT2D eigenvalue weighted by Gasteiger charge is -2.06. The number of thioether (sulfide) groups is 1. The monoisotopic (exact) mass is 487 g/mol. The lowest BCUT2D eigenvalue weighted by atomic mass is 10.3. The molecule has 1 aromatic carbocycles. The Labute approximate surface area is 197 Å². The molecule has 0 saturated heterocycles. The second-order valence-electron chi connectivity index (χ2n) is 6.40. The zero-order chi connectivity index (χ0) is 21.8. The van der Waals surface area contributed by atoms with E-state index in [1.54, 1.807) is 41.9 Å². The molecule has 3 heterocycles. The molecule has 156 valence electrons. The summed E-state index contributed by atoms with van der Waals surface area (Å²) in [5, 5.41) is 13.7. The van der Waals surface area contributed by atoms with Crippen LogP contribution in [0.1, 0.15) is 5.69 Å². The molecule has 0 aliphatic rings. The normalized spacial score (nSPS) is 10.8. The number of nitrogens with zero attached hydrogens (tertiary/aromatic N) is 4. The highest BCUT2D eigenvalue weighted by Crippen LogP contribution is 2.34. The van der Waals surface area contributed by atoms with Crippen LogP contribution in [0.15, 0.2) is 59.9 Å². The molecule has 3 aromatic heterocycles. The number of thiazole rings is 1. The Balaban J connectivity index is 1.39. The van der Waals surface area contributed by atoms with Gasteiger partial charge in [0.2, 0.25) is 5.91 Å². The SMILES string of the molecule is Cc1nc(-c2cccnc2)sc1-c1ccc(SCC(=O)Nc2ccc(Cl)c(Cl)c2)nn1. The minimum absolute atomic E-state index is 0.173. The van der Waals surface area contributed by atoms with E-state index in [0.29, 0.717) is 20.8 Å². The number of halogens is 2. The minimum atomic E-state index is -0.173. The second kappa shape index (κ2) is 9.74. The number of nitrogens with one attached hydrogen (secondary N) is 1. The van der Waals surface area contributed by atoms with Gasteiger partial charge in [-0.2, -0.15) is 0 Å². The lowest BCUT2D eigenvalue weighted by Crippen LogP contribution is -2.14. The summed E-state index contributed by atoms with van der Waals surface area (Å²) in [5.41, 5.74) is 3.19. The van der Waals surface area contributed by atoms with Gasteiger partial charge in [-0.25, -0.2) is 4.98 Å². The van der Waals surface area contributed by atoms with E-state index in [0.717, 1.165) is 26.8 Å². The molecular weight excluding hydrogens is 473 g/mol. The van der Waals surface area contributed by atoms with Crippen molar-refractivity contribution < 1.29 is 4.79 Å². The number of carbonyl (C=O) groups excluding carboxylic acids is 1. The van der Waals surface area contributed by atoms with Crippen LogP contribution in [0, 0.1) is 6.92 Å². The fourth-order valence-corrected chi connectivity index (χ4v) is 4.61. The summed E-state index contributed by atoms with van der Waals surface area (Å²) in [5.74, 6) is 0.0209. The van der Waals surface area contributed by atoms with Crippen molar-refractivity contribution in [2.24, 2.45) is 0 Å². The quantitative estimate of drug-likeness (QED) is 0.335. The summed E-state index contributed by atoms with van der Waals surface area (Å²) in [7, 11) is 0. The smallest absolute Gasteiger partial charge is 0.234 e. The van der Waals surface area contributed by atoms with Crippen LogP contribution in [0.2, 0.25) is 10.0 Å². The van der Waals surface area contributed by atoms with Crippen LogP contribution in [-0.2, 0) is 4.79 Å². The number of benzene rings is 1. The standard InChI is InChI=1S/C21H15Cl2N5OS2/c1-12-20(31-21(25-12)13-3-2-8-24-10-13)17-6-7-19(28-27-17)30-11-18(29)26-14-4-5-15(22)16(23)9-14/h2-10H,11H2,1H3,(H,26,29). The molecule has 4 rings (SSSR count). The molecule has 0 radical (unpaired) electrons. The maximum atomic E-state index is 12.2. The Kier molecular flexibility index (Phi) is 6.82. The van der Waals surface area contributed by atoms with Crippen molar-refractivity contribution in [3.05, 3.63) is 70.6 Å². The van der Waals surface area contributed by atoms with Crippen molar-refractivity contribution in [1.29, 1.82) is 0 Å². The van der Waals surface area contributed by atoms with E-state index < -0.39 is 0 Å². The second-order valence-corrected chi connectivity index (χ2v) is 9.21. The highest BCUT2D eigenvalue weighted by molar-refractivity contribution is 7.99. The van der Waals surface area contributed by atoms with Crippen molar-refractivity contribution in [3.8, 4) is 21.1 Å². The first kappa shape index (κ1) is 21.7. The molecule has 31 heavy (non-hydrogen) atoms. The molecule has 0 atom stereocenters. The van der Waals surface area contributed by atoms with Crippen LogP contribution < -0.4 is 5.32 Å². The number of pyridine rings is 1. The summed E-state index contributed by atoms with van der Waals surface area (Å²) in [6, 6.07) is 12.5. The molecule has 0 aliphatic carbocycles. The van der Waals surface area contributed by atoms with Gasteiger partial charge in [0.25, 0.3) is 0 Å². The third-order valence-corrected chi connectivity index (χ3v) is 7.02. The van der Waals surface area contributed by atoms with Crippen molar-refractivity contribution >= 4 is 57.9 Å². The molecular formula is C21H15Cl2N5OS2. The van der Waals surface area contributed by atoms with Gasteiger partial charge in [0.1, 0.15) is 15.7 Å². The highest BCUT2D eigenvalue weighted by Gasteiger charge is 2.13. The van der Waals surface area contributed by atoms with Crippen LogP contribution >= 0.6 is 46.3 Å². The summed E-state index contributed by atoms with van der Waals surface area (Å²) in [6.45, 7) is 1.95. The van der Waals surface area contributed by atoms with Crippen LogP contribution in [0.4, 0.5) is 5.69 Å². The fraction of sp³-hybridized carbons (Fsp3) is 0.0952. The number of carbonyl (C=O) groups is 1. The van der Waals surface area contributed by atoms with Gasteiger partial charge in [-0.3, -0.25) is 9.78 Å². The Hall–Kier alpha value is -2.52. The molecule has 0 bridgehead atoms. The minimum Gasteiger partial charge on any atom is -0.325 e. The van der Waals surface area contributed by atoms with Gasteiger partial charge in [-0.1, -0.05) is 35.0 Å². The number of anilines is 1. The van der Waals surface area contributed by atoms with Crippen LogP contribution in [-0.4, -0.2) is 31.8 Å². The molecule has 0 aliphatic heterocycles. The number of hydrogen-bond acceptors (Lipinski definition) is 7. The maximum absolute atomic E-state index is 12.2. The average molecular weight is 488 g/mol. The Morgan fingerprint density at radius 2 is 2.00 bits per heavy atom. The molecule has 0 saturated carbocycles. The number of aromatic nitrogens is 4. The first-order chi connectivity index (χ1) is 15.0. The van der Waals surface area contributed by atoms with E-state index in [2.05, 4.69) is 25.5 Å². The third kappa shape index (κ3) is 5.40. The Morgan fingerprint density at radius 1 is 1.13 bits per heavy atom. The van der Waals surface area contributed by atoms with E-state index in [1.807, 2.05) is 31.2 Å². The van der Waals surface area contributed by atoms with Gasteiger partial charge in [-0.05, 0) is 49.4 Å². The van der Waals surface area contributed by atoms with E-state index in [9.17, 15) is 4.79 Å². The summed E-state index contributed by atoms with van der Waals surface area (Å²) in [4.78, 5) is 21.9. The van der Waals surface area contributed by atoms with Crippen molar-refractivity contribution in [2.75, 3.05) is 11.1 Å². The van der Waals surface area contributed by atoms with Gasteiger partial charge in [0, 0.05) is 23.6 Å². The molecule has 1 N–H and O–H groups in total. The zero-order valence-electron chi connectivity index (χ0n) is 16.2. The predicted octanol–water partition coefficient (Wildman–Crippen LogP) is 6.01. The van der Waals surface area contributed by atoms with Gasteiger partial charge >= 0.3 is 0 Å². The van der Waals surface area contributed by atoms with Crippen LogP contribution in [0.5, 0.6) is 0 Å². The number of amides is 1. The molecule has 4 aromatic rings. The average Bonchev–Trinajstić information content (AvgIpc) is 3.17. The van der Waals surface area contributed by atoms with Crippen molar-refractivity contribution in [3.63, 3.8) is 0 Å². The molecule has 1 amide bonds. The van der Waals surface area contributed by atoms with Gasteiger partial charge in [0.05, 0.1) is 26.4 Å². The maximum Gasteiger partial charge on any atom is 0.234 e. The van der Waals surface area contributed by atoms with Crippen molar-refractivity contribution in [1.82, 2.24) is 20.2 Å². The van der Waals surface area contributed by atoms with Crippen LogP contribution in [0.3, 0.4) is 0 Å².